The maximum Gasteiger partial charge on any atom is 0.239 e. The van der Waals surface area contributed by atoms with E-state index in [-0.39, 0.29) is 23.0 Å². The lowest BCUT2D eigenvalue weighted by Crippen LogP contribution is -2.40. The molecule has 92 valence electrons. The van der Waals surface area contributed by atoms with Crippen LogP contribution < -0.4 is 5.32 Å². The van der Waals surface area contributed by atoms with E-state index < -0.39 is 9.84 Å². The van der Waals surface area contributed by atoms with Gasteiger partial charge in [0.05, 0.1) is 17.0 Å². The molecule has 0 aromatic rings. The Morgan fingerprint density at radius 1 is 1.44 bits per heavy atom. The van der Waals surface area contributed by atoms with Crippen molar-refractivity contribution in [2.45, 2.75) is 30.6 Å². The summed E-state index contributed by atoms with van der Waals surface area (Å²) < 4.78 is 23.3. The highest BCUT2D eigenvalue weighted by Gasteiger charge is 2.37. The van der Waals surface area contributed by atoms with Crippen molar-refractivity contribution in [3.63, 3.8) is 0 Å². The van der Waals surface area contributed by atoms with Gasteiger partial charge in [-0.2, -0.15) is 0 Å². The first kappa shape index (κ1) is 11.9. The lowest BCUT2D eigenvalue weighted by molar-refractivity contribution is -0.129. The zero-order valence-electron chi connectivity index (χ0n) is 9.48. The van der Waals surface area contributed by atoms with E-state index in [0.717, 1.165) is 12.8 Å². The number of carbonyl (C=O) groups excluding carboxylic acids is 1. The molecular formula is C10H18N2O3S. The molecule has 1 amide bonds. The van der Waals surface area contributed by atoms with Crippen LogP contribution in [0.1, 0.15) is 19.3 Å². The zero-order valence-corrected chi connectivity index (χ0v) is 10.3. The molecule has 6 heteroatoms. The lowest BCUT2D eigenvalue weighted by Gasteiger charge is -2.20. The largest absolute Gasteiger partial charge is 0.340 e. The highest BCUT2D eigenvalue weighted by Crippen LogP contribution is 2.23. The molecule has 2 saturated heterocycles. The van der Waals surface area contributed by atoms with Crippen molar-refractivity contribution in [1.82, 2.24) is 10.2 Å². The summed E-state index contributed by atoms with van der Waals surface area (Å²) in [4.78, 5) is 13.5. The monoisotopic (exact) mass is 246 g/mol. The van der Waals surface area contributed by atoms with Crippen molar-refractivity contribution in [3.8, 4) is 0 Å². The normalized spacial score (nSPS) is 33.6. The van der Waals surface area contributed by atoms with Gasteiger partial charge in [-0.3, -0.25) is 4.79 Å². The molecule has 2 rings (SSSR count). The van der Waals surface area contributed by atoms with Gasteiger partial charge in [0.15, 0.2) is 9.84 Å². The number of rotatable bonds is 3. The van der Waals surface area contributed by atoms with Crippen molar-refractivity contribution >= 4 is 15.7 Å². The molecule has 0 aromatic heterocycles. The van der Waals surface area contributed by atoms with Gasteiger partial charge in [-0.25, -0.2) is 8.42 Å². The molecule has 2 aliphatic heterocycles. The number of hydrogen-bond acceptors (Lipinski definition) is 4. The fourth-order valence-corrected chi connectivity index (χ4v) is 4.33. The molecule has 0 spiro atoms. The highest BCUT2D eigenvalue weighted by molar-refractivity contribution is 7.92. The van der Waals surface area contributed by atoms with Crippen LogP contribution in [0.4, 0.5) is 0 Å². The van der Waals surface area contributed by atoms with E-state index in [0.29, 0.717) is 19.5 Å². The third-order valence-electron chi connectivity index (χ3n) is 3.53. The molecule has 0 bridgehead atoms. The molecule has 2 aliphatic rings. The SMILES string of the molecule is CNC1CCN(CC2CCCS2(=O)=O)C1=O. The van der Waals surface area contributed by atoms with Gasteiger partial charge in [0.25, 0.3) is 0 Å². The Bertz CT molecular complexity index is 380. The summed E-state index contributed by atoms with van der Waals surface area (Å²) in [7, 11) is -1.17. The molecule has 5 nitrogen and oxygen atoms in total. The molecule has 2 fully saturated rings. The van der Waals surface area contributed by atoms with Gasteiger partial charge in [0.1, 0.15) is 0 Å². The Hall–Kier alpha value is -0.620. The molecule has 2 heterocycles. The van der Waals surface area contributed by atoms with E-state index in [1.54, 1.807) is 11.9 Å². The molecular weight excluding hydrogens is 228 g/mol. The topological polar surface area (TPSA) is 66.5 Å². The predicted octanol–water partition coefficient (Wildman–Crippen LogP) is -0.616. The Balaban J connectivity index is 1.99. The maximum atomic E-state index is 11.8. The second-order valence-electron chi connectivity index (χ2n) is 4.55. The summed E-state index contributed by atoms with van der Waals surface area (Å²) in [6.45, 7) is 1.07. The molecule has 16 heavy (non-hydrogen) atoms. The van der Waals surface area contributed by atoms with Crippen LogP contribution in [-0.2, 0) is 14.6 Å². The standard InChI is InChI=1S/C10H18N2O3S/c1-11-9-4-5-12(10(9)13)7-8-3-2-6-16(8,14)15/h8-9,11H,2-7H2,1H3. The van der Waals surface area contributed by atoms with Gasteiger partial charge >= 0.3 is 0 Å². The lowest BCUT2D eigenvalue weighted by atomic mass is 10.2. The summed E-state index contributed by atoms with van der Waals surface area (Å²) in [6.07, 6.45) is 2.23. The van der Waals surface area contributed by atoms with Crippen LogP contribution >= 0.6 is 0 Å². The van der Waals surface area contributed by atoms with Crippen LogP contribution in [0.15, 0.2) is 0 Å². The van der Waals surface area contributed by atoms with Gasteiger partial charge in [0, 0.05) is 13.1 Å². The van der Waals surface area contributed by atoms with Gasteiger partial charge < -0.3 is 10.2 Å². The number of nitrogens with zero attached hydrogens (tertiary/aromatic N) is 1. The van der Waals surface area contributed by atoms with Crippen molar-refractivity contribution in [2.75, 3.05) is 25.9 Å². The third kappa shape index (κ3) is 2.08. The van der Waals surface area contributed by atoms with Crippen LogP contribution in [-0.4, -0.2) is 56.4 Å². The number of likely N-dealkylation sites (tertiary alicyclic amines) is 1. The zero-order chi connectivity index (χ0) is 11.8. The van der Waals surface area contributed by atoms with Crippen LogP contribution in [0, 0.1) is 0 Å². The molecule has 0 aliphatic carbocycles. The number of likely N-dealkylation sites (N-methyl/N-ethyl adjacent to an activating group) is 1. The van der Waals surface area contributed by atoms with Gasteiger partial charge in [0.2, 0.25) is 5.91 Å². The van der Waals surface area contributed by atoms with E-state index in [2.05, 4.69) is 5.32 Å². The minimum Gasteiger partial charge on any atom is -0.340 e. The highest BCUT2D eigenvalue weighted by atomic mass is 32.2. The summed E-state index contributed by atoms with van der Waals surface area (Å²) in [6, 6.07) is -0.121. The van der Waals surface area contributed by atoms with Crippen LogP contribution in [0.2, 0.25) is 0 Å². The Labute approximate surface area is 96.1 Å². The molecule has 1 N–H and O–H groups in total. The average molecular weight is 246 g/mol. The van der Waals surface area contributed by atoms with Gasteiger partial charge in [-0.05, 0) is 26.3 Å². The quantitative estimate of drug-likeness (QED) is 0.721. The molecule has 2 atom stereocenters. The van der Waals surface area contributed by atoms with Crippen LogP contribution in [0.5, 0.6) is 0 Å². The predicted molar refractivity (Wildman–Crippen MR) is 60.9 cm³/mol. The van der Waals surface area contributed by atoms with Crippen molar-refractivity contribution in [1.29, 1.82) is 0 Å². The third-order valence-corrected chi connectivity index (χ3v) is 5.79. The Morgan fingerprint density at radius 3 is 2.69 bits per heavy atom. The van der Waals surface area contributed by atoms with E-state index in [4.69, 9.17) is 0 Å². The number of nitrogens with one attached hydrogen (secondary N) is 1. The first-order valence-electron chi connectivity index (χ1n) is 5.72. The van der Waals surface area contributed by atoms with Crippen molar-refractivity contribution in [3.05, 3.63) is 0 Å². The number of sulfone groups is 1. The number of hydrogen-bond donors (Lipinski definition) is 1. The van der Waals surface area contributed by atoms with E-state index >= 15 is 0 Å². The smallest absolute Gasteiger partial charge is 0.239 e. The van der Waals surface area contributed by atoms with E-state index in [1.807, 2.05) is 0 Å². The molecule has 2 unspecified atom stereocenters. The first-order chi connectivity index (χ1) is 7.54. The summed E-state index contributed by atoms with van der Waals surface area (Å²) in [5.41, 5.74) is 0. The van der Waals surface area contributed by atoms with Crippen LogP contribution in [0.3, 0.4) is 0 Å². The average Bonchev–Trinajstić information content (AvgIpc) is 2.73. The first-order valence-corrected chi connectivity index (χ1v) is 7.44. The second-order valence-corrected chi connectivity index (χ2v) is 6.95. The summed E-state index contributed by atoms with van der Waals surface area (Å²) in [5.74, 6) is 0.333. The number of carbonyl (C=O) groups is 1. The van der Waals surface area contributed by atoms with Crippen molar-refractivity contribution in [2.24, 2.45) is 0 Å². The Kier molecular flexibility index (Phi) is 3.21. The number of amides is 1. The molecule has 0 aromatic carbocycles. The fraction of sp³-hybridized carbons (Fsp3) is 0.900. The Morgan fingerprint density at radius 2 is 2.19 bits per heavy atom. The molecule has 0 saturated carbocycles. The second kappa shape index (κ2) is 4.33. The van der Waals surface area contributed by atoms with Crippen LogP contribution in [0.25, 0.3) is 0 Å². The maximum absolute atomic E-state index is 11.8. The van der Waals surface area contributed by atoms with Gasteiger partial charge in [-0.1, -0.05) is 0 Å². The molecule has 0 radical (unpaired) electrons. The van der Waals surface area contributed by atoms with Gasteiger partial charge in [-0.15, -0.1) is 0 Å². The minimum absolute atomic E-state index is 0.0459. The summed E-state index contributed by atoms with van der Waals surface area (Å²) in [5, 5.41) is 2.62. The van der Waals surface area contributed by atoms with E-state index in [1.165, 1.54) is 0 Å². The minimum atomic E-state index is -2.94. The fourth-order valence-electron chi connectivity index (χ4n) is 2.50. The summed E-state index contributed by atoms with van der Waals surface area (Å²) >= 11 is 0. The van der Waals surface area contributed by atoms with E-state index in [9.17, 15) is 13.2 Å². The van der Waals surface area contributed by atoms with Crippen molar-refractivity contribution < 1.29 is 13.2 Å².